The van der Waals surface area contributed by atoms with Crippen LogP contribution in [0.3, 0.4) is 0 Å². The molecule has 0 aromatic heterocycles. The monoisotopic (exact) mass is 281 g/mol. The van der Waals surface area contributed by atoms with Crippen molar-refractivity contribution < 1.29 is 19.7 Å². The normalized spacial score (nSPS) is 14.1. The molecule has 0 saturated heterocycles. The molecule has 0 amide bonds. The van der Waals surface area contributed by atoms with Crippen LogP contribution in [-0.2, 0) is 4.79 Å². The second-order valence-corrected chi connectivity index (χ2v) is 5.33. The van der Waals surface area contributed by atoms with Crippen LogP contribution in [0, 0.1) is 5.92 Å². The molecule has 20 heavy (non-hydrogen) atoms. The smallest absolute Gasteiger partial charge is 0.320 e. The van der Waals surface area contributed by atoms with Crippen molar-refractivity contribution in [3.8, 4) is 11.5 Å². The Hall–Kier alpha value is -1.75. The summed E-state index contributed by atoms with van der Waals surface area (Å²) in [6.07, 6.45) is 0.538. The molecule has 3 N–H and O–H groups in total. The van der Waals surface area contributed by atoms with E-state index in [-0.39, 0.29) is 17.7 Å². The summed E-state index contributed by atoms with van der Waals surface area (Å²) >= 11 is 0. The van der Waals surface area contributed by atoms with Gasteiger partial charge >= 0.3 is 5.97 Å². The van der Waals surface area contributed by atoms with E-state index in [0.29, 0.717) is 17.7 Å². The molecular weight excluding hydrogens is 258 g/mol. The average molecular weight is 281 g/mol. The first-order valence-corrected chi connectivity index (χ1v) is 6.70. The van der Waals surface area contributed by atoms with Gasteiger partial charge in [-0.05, 0) is 25.3 Å². The fraction of sp³-hybridized carbons (Fsp3) is 0.533. The van der Waals surface area contributed by atoms with Crippen LogP contribution in [0.25, 0.3) is 0 Å². The van der Waals surface area contributed by atoms with Crippen molar-refractivity contribution in [1.82, 2.24) is 5.32 Å². The van der Waals surface area contributed by atoms with Gasteiger partial charge in [0.15, 0.2) is 0 Å². The molecule has 0 aliphatic heterocycles. The maximum Gasteiger partial charge on any atom is 0.320 e. The van der Waals surface area contributed by atoms with Gasteiger partial charge in [-0.3, -0.25) is 10.1 Å². The van der Waals surface area contributed by atoms with E-state index in [9.17, 15) is 15.0 Å². The van der Waals surface area contributed by atoms with Crippen LogP contribution in [0.2, 0.25) is 0 Å². The number of rotatable bonds is 7. The van der Waals surface area contributed by atoms with Crippen LogP contribution in [0.1, 0.15) is 38.8 Å². The zero-order chi connectivity index (χ0) is 15.3. The van der Waals surface area contributed by atoms with Gasteiger partial charge in [0.2, 0.25) is 0 Å². The van der Waals surface area contributed by atoms with Gasteiger partial charge in [0.1, 0.15) is 17.5 Å². The van der Waals surface area contributed by atoms with E-state index < -0.39 is 12.0 Å². The van der Waals surface area contributed by atoms with Gasteiger partial charge in [-0.15, -0.1) is 0 Å². The first kappa shape index (κ1) is 16.3. The lowest BCUT2D eigenvalue weighted by molar-refractivity contribution is -0.140. The van der Waals surface area contributed by atoms with Gasteiger partial charge < -0.3 is 14.9 Å². The summed E-state index contributed by atoms with van der Waals surface area (Å²) in [4.78, 5) is 11.2. The zero-order valence-corrected chi connectivity index (χ0v) is 12.4. The topological polar surface area (TPSA) is 78.8 Å². The third-order valence-electron chi connectivity index (χ3n) is 3.16. The predicted molar refractivity (Wildman–Crippen MR) is 77.1 cm³/mol. The summed E-state index contributed by atoms with van der Waals surface area (Å²) in [5, 5.41) is 22.2. The Morgan fingerprint density at radius 1 is 1.35 bits per heavy atom. The van der Waals surface area contributed by atoms with E-state index >= 15 is 0 Å². The molecule has 2 unspecified atom stereocenters. The van der Waals surface area contributed by atoms with Gasteiger partial charge in [0.05, 0.1) is 7.11 Å². The lowest BCUT2D eigenvalue weighted by atomic mass is 10.0. The Balaban J connectivity index is 2.83. The van der Waals surface area contributed by atoms with E-state index in [1.54, 1.807) is 12.1 Å². The maximum absolute atomic E-state index is 11.2. The third-order valence-corrected chi connectivity index (χ3v) is 3.16. The number of carboxylic acids is 1. The molecule has 5 heteroatoms. The van der Waals surface area contributed by atoms with Crippen molar-refractivity contribution in [1.29, 1.82) is 0 Å². The number of nitrogens with one attached hydrogen (secondary N) is 1. The Labute approximate surface area is 119 Å². The molecule has 5 nitrogen and oxygen atoms in total. The highest BCUT2D eigenvalue weighted by Crippen LogP contribution is 2.28. The van der Waals surface area contributed by atoms with Crippen LogP contribution >= 0.6 is 0 Å². The van der Waals surface area contributed by atoms with E-state index in [4.69, 9.17) is 4.74 Å². The Morgan fingerprint density at radius 3 is 2.45 bits per heavy atom. The highest BCUT2D eigenvalue weighted by molar-refractivity contribution is 5.73. The number of phenolic OH excluding ortho intramolecular Hbond substituents is 1. The molecule has 0 saturated carbocycles. The number of hydrogen-bond donors (Lipinski definition) is 3. The van der Waals surface area contributed by atoms with Crippen molar-refractivity contribution in [2.75, 3.05) is 7.11 Å². The molecule has 0 aliphatic rings. The van der Waals surface area contributed by atoms with Gasteiger partial charge in [0, 0.05) is 17.7 Å². The fourth-order valence-electron chi connectivity index (χ4n) is 2.12. The molecule has 2 atom stereocenters. The number of carbonyl (C=O) groups is 1. The minimum absolute atomic E-state index is 0.0954. The van der Waals surface area contributed by atoms with E-state index in [1.165, 1.54) is 13.2 Å². The van der Waals surface area contributed by atoms with Crippen molar-refractivity contribution in [2.45, 2.75) is 39.3 Å². The van der Waals surface area contributed by atoms with Crippen molar-refractivity contribution in [3.05, 3.63) is 23.8 Å². The highest BCUT2D eigenvalue weighted by atomic mass is 16.5. The summed E-state index contributed by atoms with van der Waals surface area (Å²) in [5.41, 5.74) is 0.654. The highest BCUT2D eigenvalue weighted by Gasteiger charge is 2.22. The number of methoxy groups -OCH3 is 1. The number of aromatic hydroxyl groups is 1. The number of aliphatic carboxylic acids is 1. The van der Waals surface area contributed by atoms with Crippen LogP contribution in [0.5, 0.6) is 11.5 Å². The number of ether oxygens (including phenoxy) is 1. The van der Waals surface area contributed by atoms with Gasteiger partial charge in [-0.25, -0.2) is 0 Å². The first-order chi connectivity index (χ1) is 9.35. The Bertz CT molecular complexity index is 459. The van der Waals surface area contributed by atoms with Gasteiger partial charge in [-0.1, -0.05) is 19.9 Å². The summed E-state index contributed by atoms with van der Waals surface area (Å²) in [6.45, 7) is 5.79. The number of hydrogen-bond acceptors (Lipinski definition) is 4. The molecule has 0 aliphatic carbocycles. The van der Waals surface area contributed by atoms with E-state index in [2.05, 4.69) is 5.32 Å². The standard InChI is InChI=1S/C15H23NO4/c1-9(2)7-13(15(18)19)16-10(3)12-6-5-11(20-4)8-14(12)17/h5-6,8-10,13,16-17H,7H2,1-4H3,(H,18,19). The third kappa shape index (κ3) is 4.42. The van der Waals surface area contributed by atoms with Crippen molar-refractivity contribution >= 4 is 5.97 Å². The summed E-state index contributed by atoms with van der Waals surface area (Å²) in [7, 11) is 1.53. The SMILES string of the molecule is COc1ccc(C(C)NC(CC(C)C)C(=O)O)c(O)c1. The van der Waals surface area contributed by atoms with Crippen LogP contribution < -0.4 is 10.1 Å². The van der Waals surface area contributed by atoms with Gasteiger partial charge in [-0.2, -0.15) is 0 Å². The summed E-state index contributed by atoms with van der Waals surface area (Å²) in [5.74, 6) is 0.0623. The number of carboxylic acid groups (broad SMARTS) is 1. The maximum atomic E-state index is 11.2. The second-order valence-electron chi connectivity index (χ2n) is 5.33. The van der Waals surface area contributed by atoms with Crippen LogP contribution in [0.4, 0.5) is 0 Å². The molecule has 0 heterocycles. The molecular formula is C15H23NO4. The first-order valence-electron chi connectivity index (χ1n) is 6.70. The largest absolute Gasteiger partial charge is 0.507 e. The zero-order valence-electron chi connectivity index (χ0n) is 12.4. The molecule has 1 rings (SSSR count). The fourth-order valence-corrected chi connectivity index (χ4v) is 2.12. The van der Waals surface area contributed by atoms with Crippen LogP contribution in [0.15, 0.2) is 18.2 Å². The molecule has 112 valence electrons. The molecule has 0 fully saturated rings. The minimum atomic E-state index is -0.876. The average Bonchev–Trinajstić information content (AvgIpc) is 2.36. The van der Waals surface area contributed by atoms with E-state index in [1.807, 2.05) is 20.8 Å². The predicted octanol–water partition coefficient (Wildman–Crippen LogP) is 2.55. The molecule has 1 aromatic rings. The molecule has 1 aromatic carbocycles. The second kappa shape index (κ2) is 7.14. The quantitative estimate of drug-likeness (QED) is 0.716. The Kier molecular flexibility index (Phi) is 5.82. The Morgan fingerprint density at radius 2 is 2.00 bits per heavy atom. The lowest BCUT2D eigenvalue weighted by Crippen LogP contribution is -2.39. The number of benzene rings is 1. The minimum Gasteiger partial charge on any atom is -0.507 e. The molecule has 0 radical (unpaired) electrons. The molecule has 0 bridgehead atoms. The van der Waals surface area contributed by atoms with E-state index in [0.717, 1.165) is 0 Å². The summed E-state index contributed by atoms with van der Waals surface area (Å²) < 4.78 is 5.03. The molecule has 0 spiro atoms. The van der Waals surface area contributed by atoms with Crippen molar-refractivity contribution in [3.63, 3.8) is 0 Å². The van der Waals surface area contributed by atoms with Gasteiger partial charge in [0.25, 0.3) is 0 Å². The number of phenols is 1. The van der Waals surface area contributed by atoms with Crippen molar-refractivity contribution in [2.24, 2.45) is 5.92 Å². The lowest BCUT2D eigenvalue weighted by Gasteiger charge is -2.22. The summed E-state index contributed by atoms with van der Waals surface area (Å²) in [6, 6.07) is 4.10. The van der Waals surface area contributed by atoms with Crippen LogP contribution in [-0.4, -0.2) is 29.3 Å².